The van der Waals surface area contributed by atoms with Crippen molar-refractivity contribution < 1.29 is 24.6 Å². The summed E-state index contributed by atoms with van der Waals surface area (Å²) in [6.45, 7) is 8.88. The number of rotatable bonds is 9. The zero-order valence-electron chi connectivity index (χ0n) is 22.8. The lowest BCUT2D eigenvalue weighted by atomic mass is 9.85. The fraction of sp³-hybridized carbons (Fsp3) is 0.556. The molecule has 1 unspecified atom stereocenters. The van der Waals surface area contributed by atoms with Gasteiger partial charge in [-0.1, -0.05) is 45.0 Å². The van der Waals surface area contributed by atoms with Crippen LogP contribution in [-0.4, -0.2) is 75.8 Å². The number of aliphatic hydroxyl groups is 2. The highest BCUT2D eigenvalue weighted by atomic mass is 32.1. The highest BCUT2D eigenvalue weighted by Gasteiger charge is 2.44. The number of β-amino-alcohol motifs (C(OH)–C–C–N with tert-alkyl or cyclic N) is 1. The van der Waals surface area contributed by atoms with Gasteiger partial charge in [0.25, 0.3) is 0 Å². The van der Waals surface area contributed by atoms with Crippen LogP contribution >= 0.6 is 11.3 Å². The highest BCUT2D eigenvalue weighted by molar-refractivity contribution is 7.13. The summed E-state index contributed by atoms with van der Waals surface area (Å²) < 4.78 is 0. The number of amides is 3. The van der Waals surface area contributed by atoms with Crippen molar-refractivity contribution in [3.63, 3.8) is 0 Å². The Morgan fingerprint density at radius 3 is 2.39 bits per heavy atom. The molecule has 2 heterocycles. The minimum absolute atomic E-state index is 0.0391. The third kappa shape index (κ3) is 7.16. The highest BCUT2D eigenvalue weighted by Crippen LogP contribution is 2.31. The van der Waals surface area contributed by atoms with Gasteiger partial charge in [-0.3, -0.25) is 19.7 Å². The first-order chi connectivity index (χ1) is 17.8. The van der Waals surface area contributed by atoms with Crippen molar-refractivity contribution in [1.82, 2.24) is 25.8 Å². The third-order valence-electron chi connectivity index (χ3n) is 6.79. The second-order valence-corrected chi connectivity index (χ2v) is 11.7. The average Bonchev–Trinajstić information content (AvgIpc) is 3.46. The number of thiazole rings is 1. The molecule has 0 bridgehead atoms. The van der Waals surface area contributed by atoms with E-state index in [0.717, 1.165) is 21.7 Å². The molecule has 1 aromatic carbocycles. The van der Waals surface area contributed by atoms with Crippen LogP contribution in [0.4, 0.5) is 0 Å². The van der Waals surface area contributed by atoms with Crippen LogP contribution in [0.1, 0.15) is 57.8 Å². The lowest BCUT2D eigenvalue weighted by molar-refractivity contribution is -0.142. The molecule has 3 rings (SSSR count). The molecule has 38 heavy (non-hydrogen) atoms. The Bertz CT molecular complexity index is 1130. The standard InChI is InChI=1S/C27H39N5O5S/c1-15-23(38-14-29-15)18-9-7-17(8-10-18)20(12-22(35)28-6)31-25(36)21-11-19(34)13-32(21)26(37)24(27(3,4)5)30-16(2)33/h7-10,14,19-21,24-25,31,34,36H,11-13H2,1-6H3,(H,28,35)(H,30,33)/t19-,20+,21+,24-,25?/m1/s1. The summed E-state index contributed by atoms with van der Waals surface area (Å²) in [7, 11) is 1.55. The molecule has 1 saturated heterocycles. The number of aliphatic hydroxyl groups excluding tert-OH is 2. The van der Waals surface area contributed by atoms with Crippen molar-refractivity contribution in [2.24, 2.45) is 5.41 Å². The molecule has 1 aliphatic heterocycles. The lowest BCUT2D eigenvalue weighted by Crippen LogP contribution is -2.58. The van der Waals surface area contributed by atoms with Crippen LogP contribution < -0.4 is 16.0 Å². The third-order valence-corrected chi connectivity index (χ3v) is 7.77. The Kier molecular flexibility index (Phi) is 9.64. The van der Waals surface area contributed by atoms with Crippen LogP contribution in [-0.2, 0) is 14.4 Å². The maximum atomic E-state index is 13.5. The quantitative estimate of drug-likeness (QED) is 0.302. The van der Waals surface area contributed by atoms with Gasteiger partial charge < -0.3 is 25.7 Å². The Balaban J connectivity index is 1.84. The van der Waals surface area contributed by atoms with Gasteiger partial charge in [0.2, 0.25) is 17.7 Å². The van der Waals surface area contributed by atoms with E-state index in [1.807, 2.05) is 52.0 Å². The number of carbonyl (C=O) groups is 3. The van der Waals surface area contributed by atoms with E-state index in [2.05, 4.69) is 20.9 Å². The molecule has 2 aromatic rings. The van der Waals surface area contributed by atoms with Crippen molar-refractivity contribution >= 4 is 29.1 Å². The van der Waals surface area contributed by atoms with Gasteiger partial charge in [0, 0.05) is 33.0 Å². The van der Waals surface area contributed by atoms with Gasteiger partial charge >= 0.3 is 0 Å². The Morgan fingerprint density at radius 1 is 1.21 bits per heavy atom. The smallest absolute Gasteiger partial charge is 0.246 e. The van der Waals surface area contributed by atoms with E-state index >= 15 is 0 Å². The first-order valence-corrected chi connectivity index (χ1v) is 13.6. The molecule has 1 aliphatic rings. The number of likely N-dealkylation sites (tertiary alicyclic amines) is 1. The summed E-state index contributed by atoms with van der Waals surface area (Å²) in [5.74, 6) is -0.923. The summed E-state index contributed by atoms with van der Waals surface area (Å²) >= 11 is 1.55. The number of benzene rings is 1. The maximum absolute atomic E-state index is 13.5. The second kappa shape index (κ2) is 12.3. The summed E-state index contributed by atoms with van der Waals surface area (Å²) in [5.41, 5.74) is 3.95. The van der Waals surface area contributed by atoms with E-state index in [9.17, 15) is 24.6 Å². The van der Waals surface area contributed by atoms with Crippen LogP contribution in [0.2, 0.25) is 0 Å². The molecule has 0 radical (unpaired) electrons. The van der Waals surface area contributed by atoms with E-state index < -0.39 is 35.9 Å². The minimum Gasteiger partial charge on any atom is -0.391 e. The predicted molar refractivity (Wildman–Crippen MR) is 146 cm³/mol. The maximum Gasteiger partial charge on any atom is 0.246 e. The normalized spacial score (nSPS) is 20.1. The average molecular weight is 546 g/mol. The topological polar surface area (TPSA) is 144 Å². The Hall–Kier alpha value is -2.86. The number of hydrogen-bond acceptors (Lipinski definition) is 8. The van der Waals surface area contributed by atoms with Gasteiger partial charge in [-0.05, 0) is 29.9 Å². The van der Waals surface area contributed by atoms with E-state index in [1.54, 1.807) is 23.9 Å². The number of carbonyl (C=O) groups excluding carboxylic acids is 3. The number of aryl methyl sites for hydroxylation is 1. The molecule has 0 aliphatic carbocycles. The SMILES string of the molecule is CNC(=O)C[C@H](NC(O)[C@@H]1C[C@@H](O)CN1C(=O)[C@@H](NC(C)=O)C(C)(C)C)c1ccc(-c2scnc2C)cc1. The second-order valence-electron chi connectivity index (χ2n) is 10.9. The van der Waals surface area contributed by atoms with Crippen LogP contribution in [0.15, 0.2) is 29.8 Å². The predicted octanol–water partition coefficient (Wildman–Crippen LogP) is 1.72. The summed E-state index contributed by atoms with van der Waals surface area (Å²) in [5, 5.41) is 30.2. The Labute approximate surface area is 227 Å². The van der Waals surface area contributed by atoms with E-state index in [4.69, 9.17) is 0 Å². The first-order valence-electron chi connectivity index (χ1n) is 12.7. The molecule has 5 atom stereocenters. The van der Waals surface area contributed by atoms with Crippen molar-refractivity contribution in [3.05, 3.63) is 41.0 Å². The van der Waals surface area contributed by atoms with E-state index in [-0.39, 0.29) is 37.1 Å². The largest absolute Gasteiger partial charge is 0.391 e. The van der Waals surface area contributed by atoms with Gasteiger partial charge in [-0.15, -0.1) is 11.3 Å². The number of nitrogens with zero attached hydrogens (tertiary/aromatic N) is 2. The van der Waals surface area contributed by atoms with Crippen LogP contribution in [0, 0.1) is 12.3 Å². The molecule has 5 N–H and O–H groups in total. The zero-order chi connectivity index (χ0) is 28.2. The molecule has 3 amide bonds. The molecule has 0 spiro atoms. The van der Waals surface area contributed by atoms with Crippen molar-refractivity contribution in [1.29, 1.82) is 0 Å². The monoisotopic (exact) mass is 545 g/mol. The van der Waals surface area contributed by atoms with Crippen LogP contribution in [0.5, 0.6) is 0 Å². The molecule has 0 saturated carbocycles. The molecular weight excluding hydrogens is 506 g/mol. The number of aromatic nitrogens is 1. The van der Waals surface area contributed by atoms with Crippen molar-refractivity contribution in [3.8, 4) is 10.4 Å². The van der Waals surface area contributed by atoms with Gasteiger partial charge in [-0.2, -0.15) is 0 Å². The van der Waals surface area contributed by atoms with E-state index in [0.29, 0.717) is 0 Å². The minimum atomic E-state index is -1.23. The first kappa shape index (κ1) is 29.7. The van der Waals surface area contributed by atoms with Crippen LogP contribution in [0.3, 0.4) is 0 Å². The summed E-state index contributed by atoms with van der Waals surface area (Å²) in [6.07, 6.45) is -1.83. The molecule has 10 nitrogen and oxygen atoms in total. The fourth-order valence-electron chi connectivity index (χ4n) is 4.74. The number of nitrogens with one attached hydrogen (secondary N) is 3. The van der Waals surface area contributed by atoms with Gasteiger partial charge in [0.15, 0.2) is 0 Å². The fourth-order valence-corrected chi connectivity index (χ4v) is 5.55. The van der Waals surface area contributed by atoms with Crippen LogP contribution in [0.25, 0.3) is 10.4 Å². The molecular formula is C27H39N5O5S. The number of hydrogen-bond donors (Lipinski definition) is 5. The lowest BCUT2D eigenvalue weighted by Gasteiger charge is -2.37. The molecule has 11 heteroatoms. The summed E-state index contributed by atoms with van der Waals surface area (Å²) in [6, 6.07) is 5.59. The van der Waals surface area contributed by atoms with Gasteiger partial charge in [0.1, 0.15) is 12.3 Å². The molecule has 1 fully saturated rings. The van der Waals surface area contributed by atoms with Gasteiger partial charge in [-0.25, -0.2) is 4.98 Å². The zero-order valence-corrected chi connectivity index (χ0v) is 23.6. The van der Waals surface area contributed by atoms with Crippen molar-refractivity contribution in [2.45, 2.75) is 77.9 Å². The van der Waals surface area contributed by atoms with E-state index in [1.165, 1.54) is 11.8 Å². The van der Waals surface area contributed by atoms with Gasteiger partial charge in [0.05, 0.1) is 28.2 Å². The van der Waals surface area contributed by atoms with Crippen molar-refractivity contribution in [2.75, 3.05) is 13.6 Å². The molecule has 1 aromatic heterocycles. The molecule has 208 valence electrons. The Morgan fingerprint density at radius 2 is 1.87 bits per heavy atom. The summed E-state index contributed by atoms with van der Waals surface area (Å²) in [4.78, 5) is 44.5.